The molecule has 3 saturated heterocycles. The minimum absolute atomic E-state index is 0.0239. The molecule has 8 heteroatoms. The van der Waals surface area contributed by atoms with E-state index < -0.39 is 30.1 Å². The summed E-state index contributed by atoms with van der Waals surface area (Å²) in [5.74, 6) is 0.774. The van der Waals surface area contributed by atoms with Crippen LogP contribution in [0.2, 0.25) is 0 Å². The molecule has 0 spiro atoms. The molecule has 11 atom stereocenters. The normalized spacial score (nSPS) is 53.9. The second-order valence-corrected chi connectivity index (χ2v) is 10.2. The van der Waals surface area contributed by atoms with Gasteiger partial charge >= 0.3 is 0 Å². The van der Waals surface area contributed by atoms with Crippen LogP contribution in [-0.4, -0.2) is 81.2 Å². The van der Waals surface area contributed by atoms with Crippen LogP contribution in [0.3, 0.4) is 0 Å². The lowest BCUT2D eigenvalue weighted by Crippen LogP contribution is -2.62. The van der Waals surface area contributed by atoms with Gasteiger partial charge in [-0.2, -0.15) is 0 Å². The van der Waals surface area contributed by atoms with Gasteiger partial charge in [0.2, 0.25) is 0 Å². The molecule has 0 aromatic heterocycles. The first-order valence-corrected chi connectivity index (χ1v) is 11.3. The van der Waals surface area contributed by atoms with Crippen LogP contribution in [0.1, 0.15) is 46.5 Å². The average molecular weight is 418 g/mol. The van der Waals surface area contributed by atoms with Crippen molar-refractivity contribution < 1.29 is 20.1 Å². The minimum atomic E-state index is -1.50. The summed E-state index contributed by atoms with van der Waals surface area (Å²) in [4.78, 5) is 2.13. The quantitative estimate of drug-likeness (QED) is 0.424. The zero-order valence-corrected chi connectivity index (χ0v) is 17.8. The highest BCUT2D eigenvalue weighted by atomic mass is 35.5. The number of rotatable bonds is 3. The van der Waals surface area contributed by atoms with Crippen molar-refractivity contribution in [2.75, 3.05) is 13.2 Å². The number of hydrogen-bond acceptors (Lipinski definition) is 7. The molecule has 0 amide bonds. The number of aliphatic hydroxyl groups is 3. The summed E-state index contributed by atoms with van der Waals surface area (Å²) in [5.41, 5.74) is -1.50. The van der Waals surface area contributed by atoms with Gasteiger partial charge in [-0.15, -0.1) is 11.6 Å². The van der Waals surface area contributed by atoms with Crippen LogP contribution in [0.25, 0.3) is 0 Å². The molecular weight excluding hydrogens is 382 g/mol. The maximum atomic E-state index is 11.1. The van der Waals surface area contributed by atoms with Crippen molar-refractivity contribution in [3.63, 3.8) is 0 Å². The Hall–Kier alpha value is 0.01000. The number of nitrogens with zero attached hydrogens (tertiary/aromatic N) is 1. The standard InChI is InChI=1S/C20H36ClN3O4/c1-10-8-12(4-5-14(10)21)15(25)17-20(3,27)16(26)19(28-17)24-7-6-13-11(2)22-9-23-18(13)24/h10-19,22-23,25-27H,4-9H2,1-3H3/t10?,11?,12?,13?,14?,15-,16+,17-,18?,19-,20+/m1/s1. The van der Waals surface area contributed by atoms with E-state index in [1.54, 1.807) is 6.92 Å². The number of likely N-dealkylation sites (tertiary alicyclic amines) is 1. The van der Waals surface area contributed by atoms with Gasteiger partial charge in [-0.3, -0.25) is 10.2 Å². The van der Waals surface area contributed by atoms with Gasteiger partial charge in [0, 0.05) is 30.6 Å². The molecule has 4 rings (SSSR count). The molecule has 3 aliphatic heterocycles. The highest BCUT2D eigenvalue weighted by molar-refractivity contribution is 6.20. The van der Waals surface area contributed by atoms with Crippen LogP contribution in [0.15, 0.2) is 0 Å². The summed E-state index contributed by atoms with van der Waals surface area (Å²) < 4.78 is 6.22. The fourth-order valence-electron chi connectivity index (χ4n) is 5.86. The van der Waals surface area contributed by atoms with E-state index in [9.17, 15) is 15.3 Å². The molecule has 0 bridgehead atoms. The van der Waals surface area contributed by atoms with Gasteiger partial charge in [0.1, 0.15) is 24.0 Å². The molecule has 5 N–H and O–H groups in total. The molecule has 162 valence electrons. The minimum Gasteiger partial charge on any atom is -0.390 e. The zero-order valence-electron chi connectivity index (χ0n) is 17.1. The highest BCUT2D eigenvalue weighted by Crippen LogP contribution is 2.43. The van der Waals surface area contributed by atoms with E-state index in [0.29, 0.717) is 24.5 Å². The summed E-state index contributed by atoms with van der Waals surface area (Å²) in [7, 11) is 0. The summed E-state index contributed by atoms with van der Waals surface area (Å²) in [5, 5.41) is 40.2. The van der Waals surface area contributed by atoms with Gasteiger partial charge < -0.3 is 25.4 Å². The third-order valence-corrected chi connectivity index (χ3v) is 8.47. The number of ether oxygens (including phenoxy) is 1. The van der Waals surface area contributed by atoms with Gasteiger partial charge in [-0.25, -0.2) is 0 Å². The van der Waals surface area contributed by atoms with Crippen molar-refractivity contribution >= 4 is 11.6 Å². The fourth-order valence-corrected chi connectivity index (χ4v) is 6.09. The van der Waals surface area contributed by atoms with Crippen molar-refractivity contribution in [3.05, 3.63) is 0 Å². The molecule has 28 heavy (non-hydrogen) atoms. The zero-order chi connectivity index (χ0) is 20.2. The first-order valence-electron chi connectivity index (χ1n) is 10.8. The first-order chi connectivity index (χ1) is 13.2. The molecule has 0 radical (unpaired) electrons. The van der Waals surface area contributed by atoms with Crippen molar-refractivity contribution in [3.8, 4) is 0 Å². The van der Waals surface area contributed by atoms with E-state index >= 15 is 0 Å². The van der Waals surface area contributed by atoms with Crippen LogP contribution in [0.5, 0.6) is 0 Å². The van der Waals surface area contributed by atoms with Crippen molar-refractivity contribution in [2.24, 2.45) is 17.8 Å². The second kappa shape index (κ2) is 7.93. The van der Waals surface area contributed by atoms with Crippen molar-refractivity contribution in [1.82, 2.24) is 15.5 Å². The maximum absolute atomic E-state index is 11.1. The van der Waals surface area contributed by atoms with E-state index in [1.807, 2.05) is 0 Å². The third kappa shape index (κ3) is 3.52. The van der Waals surface area contributed by atoms with Gasteiger partial charge in [0.05, 0.1) is 12.3 Å². The lowest BCUT2D eigenvalue weighted by atomic mass is 9.75. The predicted octanol–water partition coefficient (Wildman–Crippen LogP) is 0.415. The summed E-state index contributed by atoms with van der Waals surface area (Å²) in [6, 6.07) is 0.393. The molecule has 7 nitrogen and oxygen atoms in total. The Morgan fingerprint density at radius 3 is 2.68 bits per heavy atom. The predicted molar refractivity (Wildman–Crippen MR) is 107 cm³/mol. The molecule has 0 aromatic carbocycles. The van der Waals surface area contributed by atoms with Gasteiger partial charge in [-0.1, -0.05) is 6.92 Å². The monoisotopic (exact) mass is 417 g/mol. The molecule has 1 saturated carbocycles. The van der Waals surface area contributed by atoms with Gasteiger partial charge in [0.25, 0.3) is 0 Å². The number of hydrogen-bond donors (Lipinski definition) is 5. The lowest BCUT2D eigenvalue weighted by molar-refractivity contribution is -0.147. The maximum Gasteiger partial charge on any atom is 0.141 e. The van der Waals surface area contributed by atoms with Crippen LogP contribution >= 0.6 is 11.6 Å². The Morgan fingerprint density at radius 1 is 1.21 bits per heavy atom. The number of fused-ring (bicyclic) bond motifs is 1. The highest BCUT2D eigenvalue weighted by Gasteiger charge is 2.59. The molecule has 6 unspecified atom stereocenters. The molecule has 1 aliphatic carbocycles. The van der Waals surface area contributed by atoms with Gasteiger partial charge in [0.15, 0.2) is 0 Å². The SMILES string of the molecule is CC1CC([C@@H](O)[C@H]2O[C@@H](N3CCC4C(C)NCNC43)[C@H](O)[C@]2(C)O)CCC1Cl. The Bertz CT molecular complexity index is 568. The number of alkyl halides is 1. The lowest BCUT2D eigenvalue weighted by Gasteiger charge is -2.40. The topological polar surface area (TPSA) is 97.2 Å². The third-order valence-electron chi connectivity index (χ3n) is 7.82. The van der Waals surface area contributed by atoms with Crippen LogP contribution in [0.4, 0.5) is 0 Å². The van der Waals surface area contributed by atoms with E-state index in [2.05, 4.69) is 29.4 Å². The fraction of sp³-hybridized carbons (Fsp3) is 1.00. The van der Waals surface area contributed by atoms with E-state index in [1.165, 1.54) is 0 Å². The van der Waals surface area contributed by atoms with E-state index in [0.717, 1.165) is 32.2 Å². The van der Waals surface area contributed by atoms with E-state index in [-0.39, 0.29) is 17.5 Å². The summed E-state index contributed by atoms with van der Waals surface area (Å²) >= 11 is 6.34. The van der Waals surface area contributed by atoms with Crippen molar-refractivity contribution in [1.29, 1.82) is 0 Å². The van der Waals surface area contributed by atoms with Gasteiger partial charge in [-0.05, 0) is 51.4 Å². The van der Waals surface area contributed by atoms with Crippen LogP contribution in [0, 0.1) is 17.8 Å². The molecule has 4 aliphatic rings. The molecule has 4 fully saturated rings. The number of aliphatic hydroxyl groups excluding tert-OH is 2. The Labute approximate surface area is 172 Å². The Balaban J connectivity index is 1.48. The van der Waals surface area contributed by atoms with E-state index in [4.69, 9.17) is 16.3 Å². The Kier molecular flexibility index (Phi) is 6.02. The first kappa shape index (κ1) is 21.2. The number of halogens is 1. The van der Waals surface area contributed by atoms with Crippen molar-refractivity contribution in [2.45, 2.75) is 94.2 Å². The van der Waals surface area contributed by atoms with Crippen LogP contribution < -0.4 is 10.6 Å². The smallest absolute Gasteiger partial charge is 0.141 e. The Morgan fingerprint density at radius 2 is 1.96 bits per heavy atom. The largest absolute Gasteiger partial charge is 0.390 e. The average Bonchev–Trinajstić information content (AvgIpc) is 3.17. The molecule has 3 heterocycles. The van der Waals surface area contributed by atoms with Crippen LogP contribution in [-0.2, 0) is 4.74 Å². The second-order valence-electron chi connectivity index (χ2n) is 9.68. The molecular formula is C20H36ClN3O4. The summed E-state index contributed by atoms with van der Waals surface area (Å²) in [6.45, 7) is 7.39. The number of nitrogens with one attached hydrogen (secondary N) is 2. The summed E-state index contributed by atoms with van der Waals surface area (Å²) in [6.07, 6.45) is 0.273. The molecule has 0 aromatic rings.